The fourth-order valence-electron chi connectivity index (χ4n) is 6.81. The van der Waals surface area contributed by atoms with Crippen LogP contribution < -0.4 is 0 Å². The summed E-state index contributed by atoms with van der Waals surface area (Å²) in [7, 11) is 0. The minimum absolute atomic E-state index is 0.0310. The van der Waals surface area contributed by atoms with Crippen LogP contribution in [0.3, 0.4) is 0 Å². The first-order chi connectivity index (χ1) is 12.0. The summed E-state index contributed by atoms with van der Waals surface area (Å²) in [4.78, 5) is 0. The lowest BCUT2D eigenvalue weighted by Crippen LogP contribution is -2.52. The summed E-state index contributed by atoms with van der Waals surface area (Å²) in [5.74, 6) is 0.791. The topological polar surface area (TPSA) is 51.2 Å². The van der Waals surface area contributed by atoms with Crippen molar-refractivity contribution in [1.82, 2.24) is 0 Å². The van der Waals surface area contributed by atoms with Gasteiger partial charge in [-0.25, -0.2) is 0 Å². The maximum absolute atomic E-state index is 10.1. The fourth-order valence-corrected chi connectivity index (χ4v) is 6.81. The highest BCUT2D eigenvalue weighted by molar-refractivity contribution is 5.42. The van der Waals surface area contributed by atoms with Gasteiger partial charge < -0.3 is 19.3 Å². The standard InChI is InChI=1S/C21H32O4/c1-3-4-16-15-5-8-19-13-20(23-11-12-24-20)9-10-21(19,25-19)17(15)6-7-18(16,2)14-22/h6,15-16,22H,3-5,7-14H2,1-2H3/t15?,16?,18-,19-,21-/m1/s1. The van der Waals surface area contributed by atoms with E-state index in [1.54, 1.807) is 5.57 Å². The van der Waals surface area contributed by atoms with E-state index in [0.717, 1.165) is 45.3 Å². The van der Waals surface area contributed by atoms with E-state index in [1.165, 1.54) is 19.3 Å². The monoisotopic (exact) mass is 348 g/mol. The van der Waals surface area contributed by atoms with Gasteiger partial charge in [0.15, 0.2) is 5.79 Å². The molecule has 2 aliphatic heterocycles. The largest absolute Gasteiger partial charge is 0.396 e. The number of hydrogen-bond donors (Lipinski definition) is 1. The molecule has 2 saturated heterocycles. The van der Waals surface area contributed by atoms with Crippen LogP contribution in [0.1, 0.15) is 65.2 Å². The van der Waals surface area contributed by atoms with Crippen molar-refractivity contribution in [3.63, 3.8) is 0 Å². The lowest BCUT2D eigenvalue weighted by atomic mass is 9.53. The Hall–Kier alpha value is -0.420. The summed E-state index contributed by atoms with van der Waals surface area (Å²) in [5.41, 5.74) is 1.51. The van der Waals surface area contributed by atoms with Crippen molar-refractivity contribution >= 4 is 0 Å². The lowest BCUT2D eigenvalue weighted by molar-refractivity contribution is -0.185. The zero-order valence-corrected chi connectivity index (χ0v) is 15.7. The van der Waals surface area contributed by atoms with Crippen LogP contribution in [0.4, 0.5) is 0 Å². The molecule has 0 radical (unpaired) electrons. The van der Waals surface area contributed by atoms with Gasteiger partial charge in [-0.2, -0.15) is 0 Å². The SMILES string of the molecule is CCCC1C2CC[C@@]34CC5(CC[C@@]3(O4)C2=CC[C@]1(C)CO)OCCO5. The molecule has 4 heteroatoms. The zero-order valence-electron chi connectivity index (χ0n) is 15.7. The first-order valence-electron chi connectivity index (χ1n) is 10.3. The Morgan fingerprint density at radius 2 is 2.00 bits per heavy atom. The van der Waals surface area contributed by atoms with Crippen molar-refractivity contribution in [1.29, 1.82) is 0 Å². The second kappa shape index (κ2) is 5.31. The maximum atomic E-state index is 10.1. The predicted molar refractivity (Wildman–Crippen MR) is 94.0 cm³/mol. The number of fused-ring (bicyclic) bond motifs is 1. The third-order valence-electron chi connectivity index (χ3n) is 8.15. The van der Waals surface area contributed by atoms with Gasteiger partial charge in [0.05, 0.1) is 13.2 Å². The Kier molecular flexibility index (Phi) is 3.55. The molecule has 0 amide bonds. The smallest absolute Gasteiger partial charge is 0.171 e. The molecule has 4 nitrogen and oxygen atoms in total. The number of allylic oxidation sites excluding steroid dienone is 1. The molecule has 3 aliphatic carbocycles. The molecule has 140 valence electrons. The van der Waals surface area contributed by atoms with Gasteiger partial charge in [-0.05, 0) is 54.9 Å². The summed E-state index contributed by atoms with van der Waals surface area (Å²) < 4.78 is 18.6. The molecule has 2 heterocycles. The van der Waals surface area contributed by atoms with Crippen LogP contribution in [0, 0.1) is 17.3 Å². The minimum atomic E-state index is -0.371. The molecular formula is C21H32O4. The molecular weight excluding hydrogens is 316 g/mol. The fraction of sp³-hybridized carbons (Fsp3) is 0.905. The molecule has 2 unspecified atom stereocenters. The van der Waals surface area contributed by atoms with E-state index in [9.17, 15) is 5.11 Å². The van der Waals surface area contributed by atoms with Crippen molar-refractivity contribution in [3.05, 3.63) is 11.6 Å². The van der Waals surface area contributed by atoms with Crippen molar-refractivity contribution < 1.29 is 19.3 Å². The number of ether oxygens (including phenoxy) is 3. The van der Waals surface area contributed by atoms with Crippen molar-refractivity contribution in [2.75, 3.05) is 19.8 Å². The molecule has 4 fully saturated rings. The van der Waals surface area contributed by atoms with E-state index in [4.69, 9.17) is 14.2 Å². The van der Waals surface area contributed by atoms with Gasteiger partial charge in [0.2, 0.25) is 0 Å². The van der Waals surface area contributed by atoms with E-state index in [1.807, 2.05) is 0 Å². The third kappa shape index (κ3) is 2.08. The summed E-state index contributed by atoms with van der Waals surface area (Å²) >= 11 is 0. The van der Waals surface area contributed by atoms with Gasteiger partial charge >= 0.3 is 0 Å². The first kappa shape index (κ1) is 16.7. The summed E-state index contributed by atoms with van der Waals surface area (Å²) in [6.07, 6.45) is 11.0. The van der Waals surface area contributed by atoms with Crippen molar-refractivity contribution in [3.8, 4) is 0 Å². The van der Waals surface area contributed by atoms with Crippen molar-refractivity contribution in [2.45, 2.75) is 82.2 Å². The van der Waals surface area contributed by atoms with E-state index in [2.05, 4.69) is 19.9 Å². The summed E-state index contributed by atoms with van der Waals surface area (Å²) in [6, 6.07) is 0. The highest BCUT2D eigenvalue weighted by Gasteiger charge is 2.78. The van der Waals surface area contributed by atoms with Crippen LogP contribution in [0.15, 0.2) is 11.6 Å². The number of aliphatic hydroxyl groups excluding tert-OH is 1. The highest BCUT2D eigenvalue weighted by Crippen LogP contribution is 2.72. The van der Waals surface area contributed by atoms with Gasteiger partial charge in [-0.15, -0.1) is 0 Å². The van der Waals surface area contributed by atoms with Crippen LogP contribution in [0.25, 0.3) is 0 Å². The number of rotatable bonds is 3. The quantitative estimate of drug-likeness (QED) is 0.626. The normalized spacial score (nSPS) is 50.0. The molecule has 0 bridgehead atoms. The lowest BCUT2D eigenvalue weighted by Gasteiger charge is -2.51. The molecule has 25 heavy (non-hydrogen) atoms. The van der Waals surface area contributed by atoms with Crippen LogP contribution >= 0.6 is 0 Å². The average molecular weight is 348 g/mol. The summed E-state index contributed by atoms with van der Waals surface area (Å²) in [6.45, 7) is 6.29. The third-order valence-corrected chi connectivity index (χ3v) is 8.15. The van der Waals surface area contributed by atoms with E-state index in [0.29, 0.717) is 18.4 Å². The molecule has 5 atom stereocenters. The molecule has 1 N–H and O–H groups in total. The molecule has 0 aromatic rings. The number of hydrogen-bond acceptors (Lipinski definition) is 4. The molecule has 2 saturated carbocycles. The van der Waals surface area contributed by atoms with Gasteiger partial charge in [0, 0.05) is 19.4 Å². The van der Waals surface area contributed by atoms with Gasteiger partial charge in [-0.1, -0.05) is 26.3 Å². The zero-order chi connectivity index (χ0) is 17.3. The van der Waals surface area contributed by atoms with Crippen LogP contribution in [0.2, 0.25) is 0 Å². The second-order valence-corrected chi connectivity index (χ2v) is 9.42. The average Bonchev–Trinajstić information content (AvgIpc) is 3.10. The Balaban J connectivity index is 1.47. The van der Waals surface area contributed by atoms with Crippen LogP contribution in [0.5, 0.6) is 0 Å². The molecule has 0 aromatic carbocycles. The highest BCUT2D eigenvalue weighted by atomic mass is 16.7. The van der Waals surface area contributed by atoms with Crippen molar-refractivity contribution in [2.24, 2.45) is 17.3 Å². The van der Waals surface area contributed by atoms with Crippen LogP contribution in [-0.4, -0.2) is 41.9 Å². The molecule has 5 rings (SSSR count). The Morgan fingerprint density at radius 3 is 2.72 bits per heavy atom. The number of aliphatic hydroxyl groups is 1. The van der Waals surface area contributed by atoms with Gasteiger partial charge in [0.1, 0.15) is 11.2 Å². The second-order valence-electron chi connectivity index (χ2n) is 9.42. The molecule has 0 aromatic heterocycles. The number of epoxide rings is 1. The van der Waals surface area contributed by atoms with E-state index < -0.39 is 0 Å². The minimum Gasteiger partial charge on any atom is -0.396 e. The van der Waals surface area contributed by atoms with Gasteiger partial charge in [-0.3, -0.25) is 0 Å². The first-order valence-corrected chi connectivity index (χ1v) is 10.3. The van der Waals surface area contributed by atoms with E-state index >= 15 is 0 Å². The Bertz CT molecular complexity index is 595. The maximum Gasteiger partial charge on any atom is 0.171 e. The summed E-state index contributed by atoms with van der Waals surface area (Å²) in [5, 5.41) is 10.1. The molecule has 1 spiro atoms. The Labute approximate surface area is 150 Å². The van der Waals surface area contributed by atoms with Gasteiger partial charge in [0.25, 0.3) is 0 Å². The van der Waals surface area contributed by atoms with Crippen LogP contribution in [-0.2, 0) is 14.2 Å². The predicted octanol–water partition coefficient (Wildman–Crippen LogP) is 3.58. The van der Waals surface area contributed by atoms with E-state index in [-0.39, 0.29) is 22.4 Å². The molecule has 5 aliphatic rings. The Morgan fingerprint density at radius 1 is 1.20 bits per heavy atom.